The summed E-state index contributed by atoms with van der Waals surface area (Å²) in [4.78, 5) is 2.25. The minimum Gasteiger partial charge on any atom is -0.313 e. The average molecular weight is 292 g/mol. The molecule has 0 saturated heterocycles. The van der Waals surface area contributed by atoms with Gasteiger partial charge in [0.15, 0.2) is 0 Å². The van der Waals surface area contributed by atoms with Crippen LogP contribution in [-0.4, -0.2) is 31.1 Å². The van der Waals surface area contributed by atoms with Gasteiger partial charge in [0.2, 0.25) is 0 Å². The molecule has 3 heteroatoms. The molecule has 0 amide bonds. The van der Waals surface area contributed by atoms with Gasteiger partial charge in [0.25, 0.3) is 0 Å². The van der Waals surface area contributed by atoms with Crippen molar-refractivity contribution < 1.29 is 4.39 Å². The lowest BCUT2D eigenvalue weighted by Gasteiger charge is -2.34. The van der Waals surface area contributed by atoms with Crippen molar-refractivity contribution in [1.82, 2.24) is 10.2 Å². The van der Waals surface area contributed by atoms with Crippen molar-refractivity contribution in [2.45, 2.75) is 52.1 Å². The van der Waals surface area contributed by atoms with E-state index in [1.54, 1.807) is 12.1 Å². The quantitative estimate of drug-likeness (QED) is 0.744. The summed E-state index contributed by atoms with van der Waals surface area (Å²) in [5.41, 5.74) is 1.05. The maximum atomic E-state index is 13.8. The Balaban J connectivity index is 1.90. The summed E-state index contributed by atoms with van der Waals surface area (Å²) in [5.74, 6) is -0.0994. The number of rotatable bonds is 9. The zero-order valence-corrected chi connectivity index (χ0v) is 13.7. The molecule has 0 spiro atoms. The molecular formula is C18H29FN2. The Morgan fingerprint density at radius 2 is 2.05 bits per heavy atom. The van der Waals surface area contributed by atoms with E-state index in [-0.39, 0.29) is 11.2 Å². The van der Waals surface area contributed by atoms with E-state index in [2.05, 4.69) is 31.1 Å². The molecule has 1 saturated carbocycles. The Morgan fingerprint density at radius 1 is 1.33 bits per heavy atom. The van der Waals surface area contributed by atoms with Crippen molar-refractivity contribution in [2.75, 3.05) is 20.1 Å². The molecule has 0 radical (unpaired) electrons. The van der Waals surface area contributed by atoms with Crippen LogP contribution in [-0.2, 0) is 6.54 Å². The van der Waals surface area contributed by atoms with Gasteiger partial charge in [0, 0.05) is 31.2 Å². The van der Waals surface area contributed by atoms with E-state index in [0.717, 1.165) is 24.7 Å². The first-order valence-corrected chi connectivity index (χ1v) is 8.18. The molecule has 0 aliphatic heterocycles. The van der Waals surface area contributed by atoms with Crippen LogP contribution in [0.15, 0.2) is 24.3 Å². The van der Waals surface area contributed by atoms with E-state index in [1.165, 1.54) is 25.7 Å². The van der Waals surface area contributed by atoms with Gasteiger partial charge in [-0.05, 0) is 37.8 Å². The van der Waals surface area contributed by atoms with Gasteiger partial charge in [-0.3, -0.25) is 0 Å². The highest BCUT2D eigenvalue weighted by Crippen LogP contribution is 2.27. The maximum Gasteiger partial charge on any atom is 0.127 e. The largest absolute Gasteiger partial charge is 0.313 e. The van der Waals surface area contributed by atoms with E-state index in [0.29, 0.717) is 6.54 Å². The standard InChI is InChI=1S/C18H29FN2/c1-4-11-18(2,13-20-16-9-10-16)14-21(3)12-15-7-5-6-8-17(15)19/h5-8,16,20H,4,9-14H2,1-3H3. The molecule has 0 aromatic heterocycles. The molecule has 0 bridgehead atoms. The molecule has 1 aromatic carbocycles. The van der Waals surface area contributed by atoms with Crippen LogP contribution in [0.4, 0.5) is 4.39 Å². The number of nitrogens with zero attached hydrogens (tertiary/aromatic N) is 1. The van der Waals surface area contributed by atoms with Gasteiger partial charge in [-0.2, -0.15) is 0 Å². The van der Waals surface area contributed by atoms with Crippen LogP contribution in [0.5, 0.6) is 0 Å². The number of hydrogen-bond donors (Lipinski definition) is 1. The van der Waals surface area contributed by atoms with E-state index in [1.807, 2.05) is 12.1 Å². The number of hydrogen-bond acceptors (Lipinski definition) is 2. The first kappa shape index (κ1) is 16.4. The fourth-order valence-corrected chi connectivity index (χ4v) is 3.13. The van der Waals surface area contributed by atoms with Crippen molar-refractivity contribution in [3.63, 3.8) is 0 Å². The normalized spacial score (nSPS) is 18.0. The summed E-state index contributed by atoms with van der Waals surface area (Å²) in [6, 6.07) is 7.83. The first-order valence-electron chi connectivity index (χ1n) is 8.18. The van der Waals surface area contributed by atoms with E-state index < -0.39 is 0 Å². The highest BCUT2D eigenvalue weighted by molar-refractivity contribution is 5.17. The molecule has 1 fully saturated rings. The Bertz CT molecular complexity index is 445. The Kier molecular flexibility index (Phi) is 5.77. The topological polar surface area (TPSA) is 15.3 Å². The molecule has 1 atom stereocenters. The number of halogens is 1. The molecule has 21 heavy (non-hydrogen) atoms. The van der Waals surface area contributed by atoms with Crippen LogP contribution >= 0.6 is 0 Å². The van der Waals surface area contributed by atoms with Crippen LogP contribution in [0.1, 0.15) is 45.1 Å². The predicted octanol–water partition coefficient (Wildman–Crippen LogP) is 3.82. The fraction of sp³-hybridized carbons (Fsp3) is 0.667. The van der Waals surface area contributed by atoms with Crippen LogP contribution in [0.25, 0.3) is 0 Å². The summed E-state index contributed by atoms with van der Waals surface area (Å²) in [5, 5.41) is 3.66. The maximum absolute atomic E-state index is 13.8. The van der Waals surface area contributed by atoms with Crippen molar-refractivity contribution in [2.24, 2.45) is 5.41 Å². The minimum absolute atomic E-state index is 0.0994. The molecule has 0 heterocycles. The Hall–Kier alpha value is -0.930. The van der Waals surface area contributed by atoms with Crippen LogP contribution in [0.2, 0.25) is 0 Å². The van der Waals surface area contributed by atoms with Gasteiger partial charge in [0.05, 0.1) is 0 Å². The van der Waals surface area contributed by atoms with Gasteiger partial charge >= 0.3 is 0 Å². The van der Waals surface area contributed by atoms with Gasteiger partial charge in [-0.1, -0.05) is 38.5 Å². The van der Waals surface area contributed by atoms with Crippen LogP contribution < -0.4 is 5.32 Å². The highest BCUT2D eigenvalue weighted by atomic mass is 19.1. The molecular weight excluding hydrogens is 263 g/mol. The second-order valence-electron chi connectivity index (χ2n) is 6.98. The second-order valence-corrected chi connectivity index (χ2v) is 6.98. The molecule has 1 aromatic rings. The molecule has 1 aliphatic carbocycles. The van der Waals surface area contributed by atoms with E-state index >= 15 is 0 Å². The van der Waals surface area contributed by atoms with Gasteiger partial charge in [0.1, 0.15) is 5.82 Å². The van der Waals surface area contributed by atoms with Crippen molar-refractivity contribution in [1.29, 1.82) is 0 Å². The first-order chi connectivity index (χ1) is 10.0. The molecule has 1 unspecified atom stereocenters. The van der Waals surface area contributed by atoms with E-state index in [9.17, 15) is 4.39 Å². The lowest BCUT2D eigenvalue weighted by atomic mass is 9.84. The molecule has 1 aliphatic rings. The third-order valence-electron chi connectivity index (χ3n) is 4.30. The fourth-order valence-electron chi connectivity index (χ4n) is 3.13. The SMILES string of the molecule is CCCC(C)(CNC1CC1)CN(C)Cc1ccccc1F. The van der Waals surface area contributed by atoms with Gasteiger partial charge in [-0.25, -0.2) is 4.39 Å². The Labute approximate surface area is 128 Å². The monoisotopic (exact) mass is 292 g/mol. The minimum atomic E-state index is -0.0994. The summed E-state index contributed by atoms with van der Waals surface area (Å²) in [6.07, 6.45) is 5.05. The molecule has 2 rings (SSSR count). The van der Waals surface area contributed by atoms with Crippen LogP contribution in [0.3, 0.4) is 0 Å². The Morgan fingerprint density at radius 3 is 2.67 bits per heavy atom. The van der Waals surface area contributed by atoms with Gasteiger partial charge < -0.3 is 10.2 Å². The third kappa shape index (κ3) is 5.40. The number of benzene rings is 1. The summed E-state index contributed by atoms with van der Waals surface area (Å²) >= 11 is 0. The predicted molar refractivity (Wildman–Crippen MR) is 86.8 cm³/mol. The molecule has 2 nitrogen and oxygen atoms in total. The highest BCUT2D eigenvalue weighted by Gasteiger charge is 2.29. The van der Waals surface area contributed by atoms with E-state index in [4.69, 9.17) is 0 Å². The second kappa shape index (κ2) is 7.37. The lowest BCUT2D eigenvalue weighted by Crippen LogP contribution is -2.41. The smallest absolute Gasteiger partial charge is 0.127 e. The zero-order valence-electron chi connectivity index (χ0n) is 13.7. The van der Waals surface area contributed by atoms with Crippen molar-refractivity contribution >= 4 is 0 Å². The zero-order chi connectivity index (χ0) is 15.3. The summed E-state index contributed by atoms with van der Waals surface area (Å²) in [7, 11) is 2.09. The summed E-state index contributed by atoms with van der Waals surface area (Å²) in [6.45, 7) is 7.33. The van der Waals surface area contributed by atoms with Crippen molar-refractivity contribution in [3.05, 3.63) is 35.6 Å². The molecule has 118 valence electrons. The molecule has 1 N–H and O–H groups in total. The van der Waals surface area contributed by atoms with Crippen LogP contribution in [0, 0.1) is 11.2 Å². The third-order valence-corrected chi connectivity index (χ3v) is 4.30. The average Bonchev–Trinajstić information content (AvgIpc) is 3.23. The summed E-state index contributed by atoms with van der Waals surface area (Å²) < 4.78 is 13.8. The van der Waals surface area contributed by atoms with Gasteiger partial charge in [-0.15, -0.1) is 0 Å². The number of nitrogens with one attached hydrogen (secondary N) is 1. The van der Waals surface area contributed by atoms with Crippen molar-refractivity contribution in [3.8, 4) is 0 Å². The lowest BCUT2D eigenvalue weighted by molar-refractivity contribution is 0.166.